The third kappa shape index (κ3) is 3.24. The Morgan fingerprint density at radius 1 is 1.24 bits per heavy atom. The first-order valence-corrected chi connectivity index (χ1v) is 8.71. The van der Waals surface area contributed by atoms with E-state index in [0.29, 0.717) is 22.9 Å². The molecule has 2 aromatic heterocycles. The van der Waals surface area contributed by atoms with Crippen LogP contribution in [0.25, 0.3) is 0 Å². The molecule has 3 heterocycles. The van der Waals surface area contributed by atoms with Crippen LogP contribution in [-0.4, -0.2) is 42.4 Å². The first kappa shape index (κ1) is 16.1. The van der Waals surface area contributed by atoms with E-state index in [1.807, 2.05) is 19.1 Å². The van der Waals surface area contributed by atoms with Gasteiger partial charge in [-0.1, -0.05) is 5.16 Å². The molecular formula is C18H22N4O3. The molecule has 2 fully saturated rings. The highest BCUT2D eigenvalue weighted by Gasteiger charge is 2.33. The lowest BCUT2D eigenvalue weighted by atomic mass is 10.1. The van der Waals surface area contributed by atoms with Crippen LogP contribution in [0.15, 0.2) is 16.7 Å². The number of hydrogen-bond donors (Lipinski definition) is 1. The van der Waals surface area contributed by atoms with Gasteiger partial charge in [-0.05, 0) is 38.8 Å². The van der Waals surface area contributed by atoms with Crippen molar-refractivity contribution in [3.8, 4) is 0 Å². The number of aromatic nitrogens is 2. The Morgan fingerprint density at radius 2 is 2.00 bits per heavy atom. The van der Waals surface area contributed by atoms with Crippen LogP contribution < -0.4 is 10.2 Å². The monoisotopic (exact) mass is 342 g/mol. The van der Waals surface area contributed by atoms with Crippen LogP contribution in [0.1, 0.15) is 46.3 Å². The fourth-order valence-electron chi connectivity index (χ4n) is 3.13. The number of carbonyl (C=O) groups excluding carboxylic acids is 1. The van der Waals surface area contributed by atoms with Gasteiger partial charge in [0.15, 0.2) is 0 Å². The molecule has 132 valence electrons. The van der Waals surface area contributed by atoms with Crippen molar-refractivity contribution in [2.24, 2.45) is 0 Å². The molecule has 2 aromatic rings. The molecule has 1 saturated carbocycles. The van der Waals surface area contributed by atoms with Gasteiger partial charge in [0, 0.05) is 19.0 Å². The Morgan fingerprint density at radius 3 is 2.68 bits per heavy atom. The fourth-order valence-corrected chi connectivity index (χ4v) is 3.13. The molecule has 4 rings (SSSR count). The van der Waals surface area contributed by atoms with Gasteiger partial charge < -0.3 is 19.5 Å². The van der Waals surface area contributed by atoms with Gasteiger partial charge in [0.2, 0.25) is 0 Å². The van der Waals surface area contributed by atoms with Crippen LogP contribution in [-0.2, 0) is 4.74 Å². The van der Waals surface area contributed by atoms with Gasteiger partial charge in [-0.15, -0.1) is 0 Å². The van der Waals surface area contributed by atoms with E-state index in [0.717, 1.165) is 56.4 Å². The van der Waals surface area contributed by atoms with Crippen molar-refractivity contribution >= 4 is 17.4 Å². The minimum atomic E-state index is -0.176. The van der Waals surface area contributed by atoms with Gasteiger partial charge in [0.05, 0.1) is 30.3 Å². The lowest BCUT2D eigenvalue weighted by molar-refractivity contribution is 0.102. The minimum Gasteiger partial charge on any atom is -0.378 e. The summed E-state index contributed by atoms with van der Waals surface area (Å²) in [5, 5.41) is 7.03. The van der Waals surface area contributed by atoms with E-state index in [4.69, 9.17) is 9.26 Å². The van der Waals surface area contributed by atoms with E-state index in [1.54, 1.807) is 6.92 Å². The SMILES string of the molecule is Cc1nc(N2CCOCC2)ccc1NC(=O)c1c(C2CC2)noc1C. The molecule has 1 N–H and O–H groups in total. The molecule has 0 bridgehead atoms. The second-order valence-electron chi connectivity index (χ2n) is 6.63. The third-order valence-electron chi connectivity index (χ3n) is 4.73. The lowest BCUT2D eigenvalue weighted by Gasteiger charge is -2.28. The van der Waals surface area contributed by atoms with Crippen molar-refractivity contribution in [1.29, 1.82) is 0 Å². The molecule has 1 aliphatic heterocycles. The van der Waals surface area contributed by atoms with Crippen LogP contribution in [0.2, 0.25) is 0 Å². The summed E-state index contributed by atoms with van der Waals surface area (Å²) in [6.45, 7) is 6.79. The molecule has 0 aromatic carbocycles. The van der Waals surface area contributed by atoms with Crippen molar-refractivity contribution in [2.75, 3.05) is 36.5 Å². The predicted octanol–water partition coefficient (Wildman–Crippen LogP) is 2.65. The van der Waals surface area contributed by atoms with Gasteiger partial charge in [0.1, 0.15) is 17.1 Å². The highest BCUT2D eigenvalue weighted by molar-refractivity contribution is 6.06. The quantitative estimate of drug-likeness (QED) is 0.920. The van der Waals surface area contributed by atoms with E-state index in [1.165, 1.54) is 0 Å². The topological polar surface area (TPSA) is 80.5 Å². The zero-order valence-electron chi connectivity index (χ0n) is 14.5. The number of nitrogens with zero attached hydrogens (tertiary/aromatic N) is 3. The van der Waals surface area contributed by atoms with Crippen molar-refractivity contribution < 1.29 is 14.1 Å². The van der Waals surface area contributed by atoms with Crippen LogP contribution in [0.4, 0.5) is 11.5 Å². The van der Waals surface area contributed by atoms with Gasteiger partial charge in [-0.25, -0.2) is 4.98 Å². The summed E-state index contributed by atoms with van der Waals surface area (Å²) in [7, 11) is 0. The number of aryl methyl sites for hydroxylation is 2. The number of nitrogens with one attached hydrogen (secondary N) is 1. The average Bonchev–Trinajstić information content (AvgIpc) is 3.39. The number of pyridine rings is 1. The number of anilines is 2. The van der Waals surface area contributed by atoms with Crippen LogP contribution >= 0.6 is 0 Å². The Hall–Kier alpha value is -2.41. The summed E-state index contributed by atoms with van der Waals surface area (Å²) < 4.78 is 10.6. The van der Waals surface area contributed by atoms with Crippen LogP contribution in [0.3, 0.4) is 0 Å². The molecule has 7 heteroatoms. The molecule has 1 saturated heterocycles. The molecule has 7 nitrogen and oxygen atoms in total. The summed E-state index contributed by atoms with van der Waals surface area (Å²) in [5.74, 6) is 1.67. The maximum atomic E-state index is 12.7. The maximum absolute atomic E-state index is 12.7. The second kappa shape index (κ2) is 6.48. The summed E-state index contributed by atoms with van der Waals surface area (Å²) in [5.41, 5.74) is 2.86. The molecule has 2 aliphatic rings. The zero-order chi connectivity index (χ0) is 17.4. The number of carbonyl (C=O) groups is 1. The van der Waals surface area contributed by atoms with Crippen molar-refractivity contribution in [3.05, 3.63) is 34.8 Å². The molecule has 0 atom stereocenters. The standard InChI is InChI=1S/C18H22N4O3/c1-11-14(5-6-15(19-11)22-7-9-24-10-8-22)20-18(23)16-12(2)25-21-17(16)13-3-4-13/h5-6,13H,3-4,7-10H2,1-2H3,(H,20,23). The number of rotatable bonds is 4. The van der Waals surface area contributed by atoms with Gasteiger partial charge in [-0.3, -0.25) is 4.79 Å². The first-order valence-electron chi connectivity index (χ1n) is 8.71. The van der Waals surface area contributed by atoms with Crippen LogP contribution in [0, 0.1) is 13.8 Å². The molecular weight excluding hydrogens is 320 g/mol. The second-order valence-corrected chi connectivity index (χ2v) is 6.63. The summed E-state index contributed by atoms with van der Waals surface area (Å²) in [6, 6.07) is 3.85. The van der Waals surface area contributed by atoms with Crippen molar-refractivity contribution in [3.63, 3.8) is 0 Å². The lowest BCUT2D eigenvalue weighted by Crippen LogP contribution is -2.36. The molecule has 0 unspecified atom stereocenters. The number of morpholine rings is 1. The third-order valence-corrected chi connectivity index (χ3v) is 4.73. The average molecular weight is 342 g/mol. The maximum Gasteiger partial charge on any atom is 0.261 e. The van der Waals surface area contributed by atoms with Gasteiger partial charge in [0.25, 0.3) is 5.91 Å². The highest BCUT2D eigenvalue weighted by Crippen LogP contribution is 2.41. The normalized spacial score (nSPS) is 17.6. The minimum absolute atomic E-state index is 0.176. The summed E-state index contributed by atoms with van der Waals surface area (Å²) in [6.07, 6.45) is 2.14. The molecule has 0 spiro atoms. The van der Waals surface area contributed by atoms with E-state index >= 15 is 0 Å². The summed E-state index contributed by atoms with van der Waals surface area (Å²) in [4.78, 5) is 19.6. The fraction of sp³-hybridized carbons (Fsp3) is 0.500. The van der Waals surface area contributed by atoms with E-state index < -0.39 is 0 Å². The van der Waals surface area contributed by atoms with Crippen molar-refractivity contribution in [1.82, 2.24) is 10.1 Å². The first-order chi connectivity index (χ1) is 12.1. The predicted molar refractivity (Wildman–Crippen MR) is 93.2 cm³/mol. The molecule has 25 heavy (non-hydrogen) atoms. The molecule has 0 radical (unpaired) electrons. The highest BCUT2D eigenvalue weighted by atomic mass is 16.5. The number of amides is 1. The van der Waals surface area contributed by atoms with Crippen molar-refractivity contribution in [2.45, 2.75) is 32.6 Å². The van der Waals surface area contributed by atoms with Crippen LogP contribution in [0.5, 0.6) is 0 Å². The van der Waals surface area contributed by atoms with E-state index in [9.17, 15) is 4.79 Å². The number of hydrogen-bond acceptors (Lipinski definition) is 6. The summed E-state index contributed by atoms with van der Waals surface area (Å²) >= 11 is 0. The Labute approximate surface area is 146 Å². The smallest absolute Gasteiger partial charge is 0.261 e. The largest absolute Gasteiger partial charge is 0.378 e. The molecule has 1 amide bonds. The van der Waals surface area contributed by atoms with E-state index in [2.05, 4.69) is 20.4 Å². The Bertz CT molecular complexity index is 792. The Kier molecular flexibility index (Phi) is 4.17. The van der Waals surface area contributed by atoms with Gasteiger partial charge in [-0.2, -0.15) is 0 Å². The number of ether oxygens (including phenoxy) is 1. The van der Waals surface area contributed by atoms with Gasteiger partial charge >= 0.3 is 0 Å². The molecule has 1 aliphatic carbocycles. The van der Waals surface area contributed by atoms with E-state index in [-0.39, 0.29) is 5.91 Å². The Balaban J connectivity index is 1.52. The zero-order valence-corrected chi connectivity index (χ0v) is 14.5.